The van der Waals surface area contributed by atoms with E-state index in [1.54, 1.807) is 0 Å². The molecule has 0 bridgehead atoms. The summed E-state index contributed by atoms with van der Waals surface area (Å²) in [5.74, 6) is -1.06. The number of sulfone groups is 1. The van der Waals surface area contributed by atoms with Crippen molar-refractivity contribution in [2.24, 2.45) is 0 Å². The number of carboxylic acids is 1. The lowest BCUT2D eigenvalue weighted by Crippen LogP contribution is -2.55. The number of carbonyl (C=O) groups excluding carboxylic acids is 1. The van der Waals surface area contributed by atoms with Crippen LogP contribution in [0.1, 0.15) is 19.3 Å². The molecule has 0 aromatic carbocycles. The van der Waals surface area contributed by atoms with Crippen LogP contribution >= 0.6 is 0 Å². The number of likely N-dealkylation sites (tertiary alicyclic amines) is 1. The standard InChI is InChI=1S/C11H18N2O5S/c14-10(15)9-3-1-2-4-13(9)11(16)12-5-7-19(17,18)8-6-12/h9H,1-8H2,(H,14,15)/t9-/m1/s1. The van der Waals surface area contributed by atoms with Gasteiger partial charge in [0, 0.05) is 19.6 Å². The summed E-state index contributed by atoms with van der Waals surface area (Å²) in [5, 5.41) is 9.13. The van der Waals surface area contributed by atoms with Gasteiger partial charge in [0.1, 0.15) is 6.04 Å². The van der Waals surface area contributed by atoms with Crippen LogP contribution in [0.2, 0.25) is 0 Å². The third kappa shape index (κ3) is 3.17. The van der Waals surface area contributed by atoms with Gasteiger partial charge in [-0.25, -0.2) is 18.0 Å². The van der Waals surface area contributed by atoms with Crippen molar-refractivity contribution in [2.75, 3.05) is 31.1 Å². The first-order valence-electron chi connectivity index (χ1n) is 6.39. The normalized spacial score (nSPS) is 27.1. The molecule has 0 radical (unpaired) electrons. The van der Waals surface area contributed by atoms with Crippen LogP contribution in [-0.4, -0.2) is 72.5 Å². The number of carbonyl (C=O) groups is 2. The minimum absolute atomic E-state index is 0.0374. The van der Waals surface area contributed by atoms with E-state index in [1.807, 2.05) is 0 Å². The van der Waals surface area contributed by atoms with Crippen molar-refractivity contribution >= 4 is 21.8 Å². The van der Waals surface area contributed by atoms with Crippen LogP contribution in [0.5, 0.6) is 0 Å². The number of amides is 2. The zero-order valence-electron chi connectivity index (χ0n) is 10.6. The number of rotatable bonds is 1. The Morgan fingerprint density at radius 1 is 1.05 bits per heavy atom. The van der Waals surface area contributed by atoms with Gasteiger partial charge >= 0.3 is 12.0 Å². The first kappa shape index (κ1) is 14.1. The van der Waals surface area contributed by atoms with Crippen LogP contribution in [-0.2, 0) is 14.6 Å². The largest absolute Gasteiger partial charge is 0.480 e. The third-order valence-electron chi connectivity index (χ3n) is 3.65. The second kappa shape index (κ2) is 5.36. The van der Waals surface area contributed by atoms with Crippen molar-refractivity contribution in [2.45, 2.75) is 25.3 Å². The second-order valence-electron chi connectivity index (χ2n) is 4.96. The van der Waals surface area contributed by atoms with Gasteiger partial charge in [0.2, 0.25) is 0 Å². The molecule has 1 atom stereocenters. The van der Waals surface area contributed by atoms with E-state index in [1.165, 1.54) is 9.80 Å². The number of piperidine rings is 1. The summed E-state index contributed by atoms with van der Waals surface area (Å²) in [7, 11) is -3.04. The lowest BCUT2D eigenvalue weighted by molar-refractivity contribution is -0.143. The second-order valence-corrected chi connectivity index (χ2v) is 7.27. The maximum Gasteiger partial charge on any atom is 0.326 e. The topological polar surface area (TPSA) is 95.0 Å². The van der Waals surface area contributed by atoms with Gasteiger partial charge in [-0.2, -0.15) is 0 Å². The van der Waals surface area contributed by atoms with Crippen LogP contribution in [0.15, 0.2) is 0 Å². The van der Waals surface area contributed by atoms with Crippen molar-refractivity contribution in [1.29, 1.82) is 0 Å². The van der Waals surface area contributed by atoms with Crippen LogP contribution in [0, 0.1) is 0 Å². The SMILES string of the molecule is O=C(O)[C@H]1CCCCN1C(=O)N1CCS(=O)(=O)CC1. The monoisotopic (exact) mass is 290 g/mol. The molecule has 0 spiro atoms. The Kier molecular flexibility index (Phi) is 3.98. The molecular weight excluding hydrogens is 272 g/mol. The van der Waals surface area contributed by atoms with E-state index in [2.05, 4.69) is 0 Å². The zero-order chi connectivity index (χ0) is 14.0. The molecule has 7 nitrogen and oxygen atoms in total. The van der Waals surface area contributed by atoms with Crippen LogP contribution in [0.25, 0.3) is 0 Å². The molecule has 8 heteroatoms. The van der Waals surface area contributed by atoms with E-state index in [4.69, 9.17) is 5.11 Å². The average molecular weight is 290 g/mol. The number of aliphatic carboxylic acids is 1. The maximum absolute atomic E-state index is 12.3. The minimum atomic E-state index is -3.04. The quantitative estimate of drug-likeness (QED) is 0.720. The van der Waals surface area contributed by atoms with E-state index in [-0.39, 0.29) is 30.6 Å². The molecule has 2 saturated heterocycles. The van der Waals surface area contributed by atoms with Crippen LogP contribution < -0.4 is 0 Å². The number of hydrogen-bond acceptors (Lipinski definition) is 4. The molecular formula is C11H18N2O5S. The van der Waals surface area contributed by atoms with Crippen molar-refractivity contribution in [1.82, 2.24) is 9.80 Å². The summed E-state index contributed by atoms with van der Waals surface area (Å²) >= 11 is 0. The Bertz CT molecular complexity index is 461. The fourth-order valence-corrected chi connectivity index (χ4v) is 3.70. The average Bonchev–Trinajstić information content (AvgIpc) is 2.38. The molecule has 2 rings (SSSR count). The van der Waals surface area contributed by atoms with Crippen molar-refractivity contribution in [3.05, 3.63) is 0 Å². The van der Waals surface area contributed by atoms with Gasteiger partial charge in [0.05, 0.1) is 11.5 Å². The first-order chi connectivity index (χ1) is 8.91. The summed E-state index contributed by atoms with van der Waals surface area (Å²) < 4.78 is 22.6. The van der Waals surface area contributed by atoms with E-state index < -0.39 is 21.8 Å². The predicted molar refractivity (Wildman–Crippen MR) is 67.6 cm³/mol. The smallest absolute Gasteiger partial charge is 0.326 e. The molecule has 0 aliphatic carbocycles. The van der Waals surface area contributed by atoms with Crippen molar-refractivity contribution in [3.63, 3.8) is 0 Å². The summed E-state index contributed by atoms with van der Waals surface area (Å²) in [5.41, 5.74) is 0. The molecule has 2 heterocycles. The Balaban J connectivity index is 2.04. The Morgan fingerprint density at radius 2 is 1.68 bits per heavy atom. The van der Waals surface area contributed by atoms with Gasteiger partial charge in [-0.15, -0.1) is 0 Å². The highest BCUT2D eigenvalue weighted by molar-refractivity contribution is 7.91. The number of hydrogen-bond donors (Lipinski definition) is 1. The van der Waals surface area contributed by atoms with Gasteiger partial charge < -0.3 is 14.9 Å². The Morgan fingerprint density at radius 3 is 2.26 bits per heavy atom. The van der Waals surface area contributed by atoms with Crippen molar-refractivity contribution in [3.8, 4) is 0 Å². The fraction of sp³-hybridized carbons (Fsp3) is 0.818. The number of nitrogens with zero attached hydrogens (tertiary/aromatic N) is 2. The number of carboxylic acid groups (broad SMARTS) is 1. The first-order valence-corrected chi connectivity index (χ1v) is 8.21. The number of urea groups is 1. The highest BCUT2D eigenvalue weighted by atomic mass is 32.2. The zero-order valence-corrected chi connectivity index (χ0v) is 11.4. The lowest BCUT2D eigenvalue weighted by Gasteiger charge is -2.38. The molecule has 0 unspecified atom stereocenters. The van der Waals surface area contributed by atoms with Crippen LogP contribution in [0.3, 0.4) is 0 Å². The van der Waals surface area contributed by atoms with E-state index in [0.717, 1.165) is 12.8 Å². The minimum Gasteiger partial charge on any atom is -0.480 e. The maximum atomic E-state index is 12.3. The molecule has 0 saturated carbocycles. The van der Waals surface area contributed by atoms with Gasteiger partial charge in [0.15, 0.2) is 9.84 Å². The van der Waals surface area contributed by atoms with E-state index >= 15 is 0 Å². The molecule has 2 amide bonds. The molecule has 2 aliphatic rings. The van der Waals surface area contributed by atoms with Gasteiger partial charge in [-0.1, -0.05) is 0 Å². The van der Waals surface area contributed by atoms with Crippen molar-refractivity contribution < 1.29 is 23.1 Å². The van der Waals surface area contributed by atoms with E-state index in [9.17, 15) is 18.0 Å². The van der Waals surface area contributed by atoms with E-state index in [0.29, 0.717) is 13.0 Å². The van der Waals surface area contributed by atoms with Gasteiger partial charge in [0.25, 0.3) is 0 Å². The molecule has 2 aliphatic heterocycles. The Hall–Kier alpha value is -1.31. The molecule has 0 aromatic heterocycles. The molecule has 0 aromatic rings. The summed E-state index contributed by atoms with van der Waals surface area (Å²) in [6.07, 6.45) is 2.06. The Labute approximate surface area is 112 Å². The molecule has 19 heavy (non-hydrogen) atoms. The fourth-order valence-electron chi connectivity index (χ4n) is 2.50. The van der Waals surface area contributed by atoms with Crippen LogP contribution in [0.4, 0.5) is 4.79 Å². The van der Waals surface area contributed by atoms with Gasteiger partial charge in [-0.05, 0) is 19.3 Å². The molecule has 2 fully saturated rings. The summed E-state index contributed by atoms with van der Waals surface area (Å²) in [4.78, 5) is 26.2. The molecule has 1 N–H and O–H groups in total. The lowest BCUT2D eigenvalue weighted by atomic mass is 10.0. The summed E-state index contributed by atoms with van der Waals surface area (Å²) in [6, 6.07) is -1.12. The molecule has 108 valence electrons. The third-order valence-corrected chi connectivity index (χ3v) is 5.26. The highest BCUT2D eigenvalue weighted by Crippen LogP contribution is 2.19. The highest BCUT2D eigenvalue weighted by Gasteiger charge is 2.36. The predicted octanol–water partition coefficient (Wildman–Crippen LogP) is -0.224. The summed E-state index contributed by atoms with van der Waals surface area (Å²) in [6.45, 7) is 0.743. The van der Waals surface area contributed by atoms with Gasteiger partial charge in [-0.3, -0.25) is 0 Å².